The molecule has 1 nitrogen and oxygen atoms in total. The molecule has 3 aromatic rings. The van der Waals surface area contributed by atoms with Crippen LogP contribution in [-0.4, -0.2) is 6.29 Å². The topological polar surface area (TPSA) is 17.1 Å². The van der Waals surface area contributed by atoms with Crippen molar-refractivity contribution < 1.29 is 4.79 Å². The van der Waals surface area contributed by atoms with E-state index < -0.39 is 0 Å². The average molecular weight is 226 g/mol. The summed E-state index contributed by atoms with van der Waals surface area (Å²) in [6.45, 7) is 2.08. The van der Waals surface area contributed by atoms with Crippen molar-refractivity contribution in [3.8, 4) is 0 Å². The summed E-state index contributed by atoms with van der Waals surface area (Å²) in [5.74, 6) is 0. The lowest BCUT2D eigenvalue weighted by atomic mass is 10.00. The fourth-order valence-corrected chi connectivity index (χ4v) is 3.05. The fraction of sp³-hybridized carbons (Fsp3) is 0.0714. The molecule has 1 aromatic heterocycles. The van der Waals surface area contributed by atoms with Crippen LogP contribution in [0.25, 0.3) is 20.9 Å². The normalized spacial score (nSPS) is 11.1. The lowest BCUT2D eigenvalue weighted by molar-refractivity contribution is 0.112. The first kappa shape index (κ1) is 9.55. The minimum absolute atomic E-state index is 0.798. The SMILES string of the molecule is Cc1cccc2c1cc(C=O)c1sccc12. The summed E-state index contributed by atoms with van der Waals surface area (Å²) in [7, 11) is 0. The Morgan fingerprint density at radius 1 is 1.12 bits per heavy atom. The lowest BCUT2D eigenvalue weighted by Crippen LogP contribution is -1.84. The molecule has 0 aliphatic carbocycles. The van der Waals surface area contributed by atoms with E-state index in [0.29, 0.717) is 0 Å². The average Bonchev–Trinajstić information content (AvgIpc) is 2.78. The van der Waals surface area contributed by atoms with Gasteiger partial charge in [0.25, 0.3) is 0 Å². The van der Waals surface area contributed by atoms with Crippen LogP contribution < -0.4 is 0 Å². The zero-order valence-corrected chi connectivity index (χ0v) is 9.67. The van der Waals surface area contributed by atoms with Crippen LogP contribution in [0.2, 0.25) is 0 Å². The van der Waals surface area contributed by atoms with Gasteiger partial charge in [0, 0.05) is 15.6 Å². The van der Waals surface area contributed by atoms with E-state index in [2.05, 4.69) is 31.2 Å². The number of hydrogen-bond acceptors (Lipinski definition) is 2. The van der Waals surface area contributed by atoms with Crippen molar-refractivity contribution in [1.82, 2.24) is 0 Å². The molecular formula is C14H10OS. The fourth-order valence-electron chi connectivity index (χ4n) is 2.16. The Kier molecular flexibility index (Phi) is 2.04. The highest BCUT2D eigenvalue weighted by Gasteiger charge is 2.08. The molecule has 0 atom stereocenters. The Bertz CT molecular complexity index is 694. The molecule has 3 rings (SSSR count). The molecule has 0 saturated heterocycles. The van der Waals surface area contributed by atoms with Gasteiger partial charge in [0.2, 0.25) is 0 Å². The van der Waals surface area contributed by atoms with Crippen LogP contribution in [0.1, 0.15) is 15.9 Å². The van der Waals surface area contributed by atoms with Gasteiger partial charge in [0.15, 0.2) is 6.29 Å². The highest BCUT2D eigenvalue weighted by molar-refractivity contribution is 7.17. The molecule has 0 unspecified atom stereocenters. The van der Waals surface area contributed by atoms with Crippen LogP contribution in [0.15, 0.2) is 35.7 Å². The van der Waals surface area contributed by atoms with Crippen molar-refractivity contribution in [3.05, 3.63) is 46.8 Å². The first-order chi connectivity index (χ1) is 7.81. The van der Waals surface area contributed by atoms with Crippen LogP contribution >= 0.6 is 11.3 Å². The number of thiophene rings is 1. The first-order valence-electron chi connectivity index (χ1n) is 5.16. The number of aldehydes is 1. The molecule has 0 aliphatic heterocycles. The third-order valence-corrected chi connectivity index (χ3v) is 3.93. The van der Waals surface area contributed by atoms with E-state index in [9.17, 15) is 4.79 Å². The zero-order chi connectivity index (χ0) is 11.1. The molecule has 16 heavy (non-hydrogen) atoms. The number of hydrogen-bond donors (Lipinski definition) is 0. The lowest BCUT2D eigenvalue weighted by Gasteiger charge is -2.05. The van der Waals surface area contributed by atoms with Crippen LogP contribution in [-0.2, 0) is 0 Å². The summed E-state index contributed by atoms with van der Waals surface area (Å²) in [5.41, 5.74) is 2.01. The molecule has 1 heterocycles. The number of benzene rings is 2. The number of carbonyl (C=O) groups excluding carboxylic acids is 1. The quantitative estimate of drug-likeness (QED) is 0.569. The maximum absolute atomic E-state index is 11.1. The highest BCUT2D eigenvalue weighted by Crippen LogP contribution is 2.33. The van der Waals surface area contributed by atoms with E-state index in [4.69, 9.17) is 0 Å². The standard InChI is InChI=1S/C14H10OS/c1-9-3-2-4-11-12-5-6-16-14(12)10(8-15)7-13(9)11/h2-8H,1H3. The second kappa shape index (κ2) is 3.42. The number of fused-ring (bicyclic) bond motifs is 3. The highest BCUT2D eigenvalue weighted by atomic mass is 32.1. The van der Waals surface area contributed by atoms with Gasteiger partial charge in [-0.05, 0) is 40.8 Å². The van der Waals surface area contributed by atoms with Crippen LogP contribution in [0, 0.1) is 6.92 Å². The Morgan fingerprint density at radius 3 is 2.81 bits per heavy atom. The van der Waals surface area contributed by atoms with E-state index in [1.54, 1.807) is 11.3 Å². The van der Waals surface area contributed by atoms with Crippen molar-refractivity contribution in [2.75, 3.05) is 0 Å². The molecule has 0 amide bonds. The first-order valence-corrected chi connectivity index (χ1v) is 6.04. The van der Waals surface area contributed by atoms with Gasteiger partial charge in [-0.3, -0.25) is 4.79 Å². The maximum atomic E-state index is 11.1. The predicted octanol–water partition coefficient (Wildman–Crippen LogP) is 4.18. The zero-order valence-electron chi connectivity index (χ0n) is 8.86. The third-order valence-electron chi connectivity index (χ3n) is 2.97. The van der Waals surface area contributed by atoms with Crippen molar-refractivity contribution in [1.29, 1.82) is 0 Å². The van der Waals surface area contributed by atoms with Gasteiger partial charge in [0.1, 0.15) is 0 Å². The number of aryl methyl sites for hydroxylation is 1. The summed E-state index contributed by atoms with van der Waals surface area (Å²) in [4.78, 5) is 11.1. The minimum atomic E-state index is 0.798. The Morgan fingerprint density at radius 2 is 2.00 bits per heavy atom. The van der Waals surface area contributed by atoms with Crippen molar-refractivity contribution in [3.63, 3.8) is 0 Å². The number of carbonyl (C=O) groups is 1. The number of rotatable bonds is 1. The van der Waals surface area contributed by atoms with E-state index in [1.807, 2.05) is 11.4 Å². The molecule has 0 N–H and O–H groups in total. The van der Waals surface area contributed by atoms with Gasteiger partial charge >= 0.3 is 0 Å². The van der Waals surface area contributed by atoms with Crippen LogP contribution in [0.3, 0.4) is 0 Å². The van der Waals surface area contributed by atoms with Crippen LogP contribution in [0.4, 0.5) is 0 Å². The minimum Gasteiger partial charge on any atom is -0.298 e. The van der Waals surface area contributed by atoms with Gasteiger partial charge in [-0.2, -0.15) is 0 Å². The molecule has 0 saturated carbocycles. The van der Waals surface area contributed by atoms with Gasteiger partial charge in [0.05, 0.1) is 0 Å². The summed E-state index contributed by atoms with van der Waals surface area (Å²) < 4.78 is 1.09. The van der Waals surface area contributed by atoms with Crippen molar-refractivity contribution >= 4 is 38.5 Å². The monoisotopic (exact) mass is 226 g/mol. The van der Waals surface area contributed by atoms with Gasteiger partial charge in [-0.1, -0.05) is 18.2 Å². The summed E-state index contributed by atoms with van der Waals surface area (Å²) in [5, 5.41) is 5.64. The molecule has 0 radical (unpaired) electrons. The van der Waals surface area contributed by atoms with Crippen LogP contribution in [0.5, 0.6) is 0 Å². The predicted molar refractivity (Wildman–Crippen MR) is 69.5 cm³/mol. The molecule has 0 spiro atoms. The van der Waals surface area contributed by atoms with Crippen molar-refractivity contribution in [2.24, 2.45) is 0 Å². The van der Waals surface area contributed by atoms with E-state index in [0.717, 1.165) is 16.5 Å². The molecule has 2 heteroatoms. The van der Waals surface area contributed by atoms with E-state index in [1.165, 1.54) is 21.7 Å². The molecule has 2 aromatic carbocycles. The summed E-state index contributed by atoms with van der Waals surface area (Å²) >= 11 is 1.63. The second-order valence-corrected chi connectivity index (χ2v) is 4.83. The smallest absolute Gasteiger partial charge is 0.151 e. The largest absolute Gasteiger partial charge is 0.298 e. The van der Waals surface area contributed by atoms with Gasteiger partial charge in [-0.15, -0.1) is 11.3 Å². The molecule has 0 aliphatic rings. The molecular weight excluding hydrogens is 216 g/mol. The Hall–Kier alpha value is -1.67. The summed E-state index contributed by atoms with van der Waals surface area (Å²) in [6.07, 6.45) is 0.949. The van der Waals surface area contributed by atoms with Gasteiger partial charge < -0.3 is 0 Å². The molecule has 0 bridgehead atoms. The molecule has 0 fully saturated rings. The molecule has 78 valence electrons. The van der Waals surface area contributed by atoms with E-state index in [-0.39, 0.29) is 0 Å². The maximum Gasteiger partial charge on any atom is 0.151 e. The Balaban J connectivity index is 2.64. The van der Waals surface area contributed by atoms with E-state index >= 15 is 0 Å². The van der Waals surface area contributed by atoms with Crippen molar-refractivity contribution in [2.45, 2.75) is 6.92 Å². The summed E-state index contributed by atoms with van der Waals surface area (Å²) in [6, 6.07) is 10.3. The Labute approximate surface area is 97.3 Å². The van der Waals surface area contributed by atoms with Gasteiger partial charge in [-0.25, -0.2) is 0 Å². The second-order valence-electron chi connectivity index (χ2n) is 3.92. The third kappa shape index (κ3) is 1.20.